The van der Waals surface area contributed by atoms with Crippen LogP contribution in [0.5, 0.6) is 0 Å². The van der Waals surface area contributed by atoms with Crippen molar-refractivity contribution in [1.82, 2.24) is 10.2 Å². The molecule has 0 spiro atoms. The summed E-state index contributed by atoms with van der Waals surface area (Å²) in [5, 5.41) is 5.04. The van der Waals surface area contributed by atoms with Crippen molar-refractivity contribution in [2.24, 2.45) is 0 Å². The maximum Gasteiger partial charge on any atom is 0.317 e. The van der Waals surface area contributed by atoms with Gasteiger partial charge in [0.2, 0.25) is 0 Å². The molecule has 4 nitrogen and oxygen atoms in total. The van der Waals surface area contributed by atoms with E-state index in [4.69, 9.17) is 4.74 Å². The highest BCUT2D eigenvalue weighted by Crippen LogP contribution is 2.10. The highest BCUT2D eigenvalue weighted by molar-refractivity contribution is 7.09. The summed E-state index contributed by atoms with van der Waals surface area (Å²) in [6.07, 6.45) is 1.65. The van der Waals surface area contributed by atoms with Gasteiger partial charge >= 0.3 is 6.03 Å². The van der Waals surface area contributed by atoms with E-state index in [1.54, 1.807) is 23.3 Å². The predicted molar refractivity (Wildman–Crippen MR) is 95.0 cm³/mol. The zero-order valence-electron chi connectivity index (χ0n) is 13.7. The lowest BCUT2D eigenvalue weighted by atomic mass is 10.1. The van der Waals surface area contributed by atoms with E-state index in [9.17, 15) is 4.79 Å². The van der Waals surface area contributed by atoms with E-state index in [0.29, 0.717) is 13.2 Å². The second kappa shape index (κ2) is 9.33. The lowest BCUT2D eigenvalue weighted by molar-refractivity contribution is 0.115. The van der Waals surface area contributed by atoms with Crippen LogP contribution in [0.25, 0.3) is 0 Å². The molecule has 1 aromatic heterocycles. The molecule has 0 aliphatic heterocycles. The highest BCUT2D eigenvalue weighted by atomic mass is 32.1. The number of nitrogens with zero attached hydrogens (tertiary/aromatic N) is 1. The number of likely N-dealkylation sites (N-methyl/N-ethyl adjacent to an activating group) is 1. The molecule has 1 N–H and O–H groups in total. The van der Waals surface area contributed by atoms with Crippen LogP contribution in [0.4, 0.5) is 4.79 Å². The molecule has 0 saturated carbocycles. The molecule has 1 heterocycles. The molecule has 0 saturated heterocycles. The van der Waals surface area contributed by atoms with Crippen molar-refractivity contribution in [3.8, 4) is 0 Å². The second-order valence-corrected chi connectivity index (χ2v) is 6.50. The molecule has 0 unspecified atom stereocenters. The summed E-state index contributed by atoms with van der Waals surface area (Å²) in [4.78, 5) is 15.4. The van der Waals surface area contributed by atoms with Crippen LogP contribution in [0, 0.1) is 0 Å². The first-order valence-corrected chi connectivity index (χ1v) is 8.64. The Morgan fingerprint density at radius 3 is 2.70 bits per heavy atom. The van der Waals surface area contributed by atoms with E-state index in [-0.39, 0.29) is 12.1 Å². The monoisotopic (exact) mass is 332 g/mol. The average molecular weight is 332 g/mol. The number of carbonyl (C=O) groups is 1. The quantitative estimate of drug-likeness (QED) is 0.806. The Bertz CT molecular complexity index is 572. The van der Waals surface area contributed by atoms with Gasteiger partial charge in [-0.05, 0) is 29.9 Å². The van der Waals surface area contributed by atoms with Gasteiger partial charge < -0.3 is 15.0 Å². The fraction of sp³-hybridized carbons (Fsp3) is 0.389. The van der Waals surface area contributed by atoms with Gasteiger partial charge in [-0.25, -0.2) is 4.79 Å². The van der Waals surface area contributed by atoms with Crippen LogP contribution in [0.15, 0.2) is 47.8 Å². The molecule has 0 aliphatic rings. The Kier molecular flexibility index (Phi) is 7.10. The van der Waals surface area contributed by atoms with Crippen molar-refractivity contribution in [3.05, 3.63) is 58.3 Å². The number of hydrogen-bond acceptors (Lipinski definition) is 3. The number of methoxy groups -OCH3 is 1. The summed E-state index contributed by atoms with van der Waals surface area (Å²) < 4.78 is 5.29. The molecule has 2 amide bonds. The lowest BCUT2D eigenvalue weighted by Crippen LogP contribution is -2.47. The fourth-order valence-corrected chi connectivity index (χ4v) is 3.13. The Labute approximate surface area is 142 Å². The zero-order chi connectivity index (χ0) is 16.5. The maximum atomic E-state index is 12.3. The molecule has 0 radical (unpaired) electrons. The van der Waals surface area contributed by atoms with Crippen LogP contribution >= 0.6 is 11.3 Å². The number of thiophene rings is 1. The van der Waals surface area contributed by atoms with Crippen LogP contribution in [-0.4, -0.2) is 44.3 Å². The molecule has 23 heavy (non-hydrogen) atoms. The maximum absolute atomic E-state index is 12.3. The van der Waals surface area contributed by atoms with Gasteiger partial charge in [0, 0.05) is 25.6 Å². The van der Waals surface area contributed by atoms with Crippen LogP contribution in [0.2, 0.25) is 0 Å². The third-order valence-electron chi connectivity index (χ3n) is 3.77. The minimum Gasteiger partial charge on any atom is -0.383 e. The molecule has 124 valence electrons. The number of rotatable bonds is 8. The first-order chi connectivity index (χ1) is 11.2. The van der Waals surface area contributed by atoms with Crippen molar-refractivity contribution in [3.63, 3.8) is 0 Å². The van der Waals surface area contributed by atoms with Crippen molar-refractivity contribution in [2.45, 2.75) is 18.9 Å². The van der Waals surface area contributed by atoms with Gasteiger partial charge in [0.1, 0.15) is 0 Å². The molecule has 1 atom stereocenters. The predicted octanol–water partition coefficient (Wildman–Crippen LogP) is 3.19. The molecule has 2 aromatic rings. The Hall–Kier alpha value is -1.85. The fourth-order valence-electron chi connectivity index (χ4n) is 2.42. The first-order valence-electron chi connectivity index (χ1n) is 7.76. The van der Waals surface area contributed by atoms with Crippen LogP contribution in [0.3, 0.4) is 0 Å². The molecule has 0 fully saturated rings. The minimum atomic E-state index is -0.0560. The third kappa shape index (κ3) is 5.69. The Morgan fingerprint density at radius 2 is 2.04 bits per heavy atom. The van der Waals surface area contributed by atoms with E-state index >= 15 is 0 Å². The largest absolute Gasteiger partial charge is 0.383 e. The second-order valence-electron chi connectivity index (χ2n) is 5.47. The van der Waals surface area contributed by atoms with E-state index in [1.165, 1.54) is 10.4 Å². The molecule has 0 bridgehead atoms. The smallest absolute Gasteiger partial charge is 0.317 e. The summed E-state index contributed by atoms with van der Waals surface area (Å²) in [5.74, 6) is 0. The van der Waals surface area contributed by atoms with Crippen molar-refractivity contribution in [2.75, 3.05) is 27.3 Å². The molecular formula is C18H24N2O2S. The average Bonchev–Trinajstić information content (AvgIpc) is 3.08. The number of carbonyl (C=O) groups excluding carboxylic acids is 1. The Balaban J connectivity index is 1.85. The normalized spacial score (nSPS) is 11.9. The number of urea groups is 1. The molecular weight excluding hydrogens is 308 g/mol. The number of benzene rings is 1. The highest BCUT2D eigenvalue weighted by Gasteiger charge is 2.20. The molecule has 0 aliphatic carbocycles. The summed E-state index contributed by atoms with van der Waals surface area (Å²) in [5.41, 5.74) is 1.20. The zero-order valence-corrected chi connectivity index (χ0v) is 14.5. The summed E-state index contributed by atoms with van der Waals surface area (Å²) in [6, 6.07) is 14.3. The molecule has 2 rings (SSSR count). The minimum absolute atomic E-state index is 0.0177. The topological polar surface area (TPSA) is 41.6 Å². The van der Waals surface area contributed by atoms with Crippen molar-refractivity contribution < 1.29 is 9.53 Å². The van der Waals surface area contributed by atoms with E-state index in [0.717, 1.165) is 12.8 Å². The van der Waals surface area contributed by atoms with Crippen LogP contribution < -0.4 is 5.32 Å². The van der Waals surface area contributed by atoms with Gasteiger partial charge in [0.25, 0.3) is 0 Å². The molecule has 1 aromatic carbocycles. The summed E-state index contributed by atoms with van der Waals surface area (Å²) >= 11 is 1.71. The number of ether oxygens (including phenoxy) is 1. The Morgan fingerprint density at radius 1 is 1.26 bits per heavy atom. The van der Waals surface area contributed by atoms with Gasteiger partial charge in [0.15, 0.2) is 0 Å². The standard InChI is InChI=1S/C18H24N2O2S/c1-20(18(21)19-11-10-17-9-6-12-23-17)16(14-22-2)13-15-7-4-3-5-8-15/h3-9,12,16H,10-11,13-14H2,1-2H3,(H,19,21)/t16-/m0/s1. The van der Waals surface area contributed by atoms with Gasteiger partial charge in [-0.2, -0.15) is 0 Å². The van der Waals surface area contributed by atoms with Crippen LogP contribution in [0.1, 0.15) is 10.4 Å². The van der Waals surface area contributed by atoms with Crippen LogP contribution in [-0.2, 0) is 17.6 Å². The number of nitrogens with one attached hydrogen (secondary N) is 1. The van der Waals surface area contributed by atoms with Gasteiger partial charge in [-0.3, -0.25) is 0 Å². The third-order valence-corrected chi connectivity index (χ3v) is 4.71. The van der Waals surface area contributed by atoms with Gasteiger partial charge in [-0.1, -0.05) is 36.4 Å². The number of amides is 2. The summed E-state index contributed by atoms with van der Waals surface area (Å²) in [6.45, 7) is 1.17. The van der Waals surface area contributed by atoms with E-state index in [2.05, 4.69) is 28.9 Å². The molecule has 5 heteroatoms. The van der Waals surface area contributed by atoms with Crippen molar-refractivity contribution >= 4 is 17.4 Å². The number of hydrogen-bond donors (Lipinski definition) is 1. The SMILES string of the molecule is COC[C@H](Cc1ccccc1)N(C)C(=O)NCCc1cccs1. The van der Waals surface area contributed by atoms with Crippen molar-refractivity contribution in [1.29, 1.82) is 0 Å². The van der Waals surface area contributed by atoms with Gasteiger partial charge in [-0.15, -0.1) is 11.3 Å². The first kappa shape index (κ1) is 17.5. The lowest BCUT2D eigenvalue weighted by Gasteiger charge is -2.28. The van der Waals surface area contributed by atoms with E-state index < -0.39 is 0 Å². The van der Waals surface area contributed by atoms with E-state index in [1.807, 2.05) is 31.3 Å². The summed E-state index contributed by atoms with van der Waals surface area (Å²) in [7, 11) is 3.49. The van der Waals surface area contributed by atoms with Gasteiger partial charge in [0.05, 0.1) is 12.6 Å².